The van der Waals surface area contributed by atoms with Crippen LogP contribution in [0.1, 0.15) is 59.8 Å². The van der Waals surface area contributed by atoms with Gasteiger partial charge in [0.1, 0.15) is 0 Å². The summed E-state index contributed by atoms with van der Waals surface area (Å²) in [6.45, 7) is 8.85. The van der Waals surface area contributed by atoms with Gasteiger partial charge in [0.05, 0.1) is 13.0 Å². The van der Waals surface area contributed by atoms with Crippen LogP contribution in [0.2, 0.25) is 0 Å². The SMILES string of the molecule is CCCC(CC)(CC)CC(=O)OCC. The van der Waals surface area contributed by atoms with Crippen molar-refractivity contribution in [2.75, 3.05) is 6.61 Å². The van der Waals surface area contributed by atoms with Gasteiger partial charge in [-0.3, -0.25) is 4.79 Å². The van der Waals surface area contributed by atoms with Crippen LogP contribution in [-0.4, -0.2) is 12.6 Å². The van der Waals surface area contributed by atoms with Gasteiger partial charge < -0.3 is 4.74 Å². The molecule has 0 bridgehead atoms. The lowest BCUT2D eigenvalue weighted by molar-refractivity contribution is -0.146. The van der Waals surface area contributed by atoms with Gasteiger partial charge in [0.2, 0.25) is 0 Å². The van der Waals surface area contributed by atoms with Crippen molar-refractivity contribution in [3.05, 3.63) is 0 Å². The summed E-state index contributed by atoms with van der Waals surface area (Å²) in [5, 5.41) is 0. The first-order valence-electron chi connectivity index (χ1n) is 5.79. The zero-order chi connectivity index (χ0) is 11.0. The molecule has 0 aliphatic heterocycles. The Kier molecular flexibility index (Phi) is 6.60. The molecule has 2 heteroatoms. The number of carbonyl (C=O) groups is 1. The van der Waals surface area contributed by atoms with E-state index in [2.05, 4.69) is 20.8 Å². The second kappa shape index (κ2) is 6.86. The average Bonchev–Trinajstić information content (AvgIpc) is 2.17. The van der Waals surface area contributed by atoms with E-state index in [9.17, 15) is 4.79 Å². The van der Waals surface area contributed by atoms with Gasteiger partial charge in [0, 0.05) is 0 Å². The van der Waals surface area contributed by atoms with Crippen molar-refractivity contribution in [3.63, 3.8) is 0 Å². The summed E-state index contributed by atoms with van der Waals surface area (Å²) < 4.78 is 5.01. The van der Waals surface area contributed by atoms with Gasteiger partial charge in [-0.05, 0) is 31.6 Å². The highest BCUT2D eigenvalue weighted by Crippen LogP contribution is 2.35. The normalized spacial score (nSPS) is 11.4. The van der Waals surface area contributed by atoms with Gasteiger partial charge in [-0.15, -0.1) is 0 Å². The minimum Gasteiger partial charge on any atom is -0.466 e. The van der Waals surface area contributed by atoms with E-state index in [1.807, 2.05) is 6.92 Å². The molecular weight excluding hydrogens is 176 g/mol. The maximum atomic E-state index is 11.4. The molecule has 2 nitrogen and oxygen atoms in total. The highest BCUT2D eigenvalue weighted by atomic mass is 16.5. The quantitative estimate of drug-likeness (QED) is 0.587. The van der Waals surface area contributed by atoms with Crippen molar-refractivity contribution in [2.45, 2.75) is 59.8 Å². The molecule has 84 valence electrons. The van der Waals surface area contributed by atoms with Crippen molar-refractivity contribution in [3.8, 4) is 0 Å². The van der Waals surface area contributed by atoms with Crippen molar-refractivity contribution in [2.24, 2.45) is 5.41 Å². The third-order valence-electron chi connectivity index (χ3n) is 3.10. The predicted molar refractivity (Wildman–Crippen MR) is 59.2 cm³/mol. The Hall–Kier alpha value is -0.530. The van der Waals surface area contributed by atoms with Crippen LogP contribution in [0.15, 0.2) is 0 Å². The molecule has 0 aliphatic carbocycles. The van der Waals surface area contributed by atoms with E-state index in [-0.39, 0.29) is 11.4 Å². The minimum absolute atomic E-state index is 0.0374. The lowest BCUT2D eigenvalue weighted by atomic mass is 9.75. The molecule has 0 amide bonds. The van der Waals surface area contributed by atoms with E-state index in [1.54, 1.807) is 0 Å². The zero-order valence-corrected chi connectivity index (χ0v) is 10.1. The number of hydrogen-bond acceptors (Lipinski definition) is 2. The van der Waals surface area contributed by atoms with Crippen LogP contribution in [0.3, 0.4) is 0 Å². The highest BCUT2D eigenvalue weighted by Gasteiger charge is 2.28. The molecule has 0 saturated carbocycles. The van der Waals surface area contributed by atoms with Crippen LogP contribution in [0, 0.1) is 5.41 Å². The monoisotopic (exact) mass is 200 g/mol. The topological polar surface area (TPSA) is 26.3 Å². The van der Waals surface area contributed by atoms with Crippen LogP contribution in [-0.2, 0) is 9.53 Å². The van der Waals surface area contributed by atoms with Crippen molar-refractivity contribution < 1.29 is 9.53 Å². The Balaban J connectivity index is 4.26. The first-order valence-corrected chi connectivity index (χ1v) is 5.79. The summed E-state index contributed by atoms with van der Waals surface area (Å²) in [5.41, 5.74) is 0.182. The van der Waals surface area contributed by atoms with Crippen molar-refractivity contribution in [1.29, 1.82) is 0 Å². The van der Waals surface area contributed by atoms with Crippen LogP contribution in [0.4, 0.5) is 0 Å². The molecule has 0 N–H and O–H groups in total. The number of rotatable bonds is 7. The van der Waals surface area contributed by atoms with Gasteiger partial charge in [0.25, 0.3) is 0 Å². The maximum Gasteiger partial charge on any atom is 0.306 e. The predicted octanol–water partition coefficient (Wildman–Crippen LogP) is 3.55. The summed E-state index contributed by atoms with van der Waals surface area (Å²) in [5.74, 6) is -0.0374. The van der Waals surface area contributed by atoms with E-state index < -0.39 is 0 Å². The van der Waals surface area contributed by atoms with E-state index in [0.29, 0.717) is 13.0 Å². The molecule has 0 aromatic rings. The van der Waals surface area contributed by atoms with E-state index >= 15 is 0 Å². The van der Waals surface area contributed by atoms with E-state index in [4.69, 9.17) is 4.74 Å². The number of esters is 1. The van der Waals surface area contributed by atoms with Gasteiger partial charge in [-0.25, -0.2) is 0 Å². The molecule has 0 rings (SSSR count). The van der Waals surface area contributed by atoms with Crippen LogP contribution in [0.25, 0.3) is 0 Å². The number of carbonyl (C=O) groups excluding carboxylic acids is 1. The number of hydrogen-bond donors (Lipinski definition) is 0. The molecule has 14 heavy (non-hydrogen) atoms. The van der Waals surface area contributed by atoms with Gasteiger partial charge in [-0.2, -0.15) is 0 Å². The lowest BCUT2D eigenvalue weighted by Gasteiger charge is -2.30. The Morgan fingerprint density at radius 2 is 1.71 bits per heavy atom. The summed E-state index contributed by atoms with van der Waals surface area (Å²) in [6.07, 6.45) is 4.98. The molecule has 0 heterocycles. The van der Waals surface area contributed by atoms with Gasteiger partial charge >= 0.3 is 5.97 Å². The summed E-state index contributed by atoms with van der Waals surface area (Å²) in [6, 6.07) is 0. The first kappa shape index (κ1) is 13.5. The minimum atomic E-state index is -0.0374. The maximum absolute atomic E-state index is 11.4. The van der Waals surface area contributed by atoms with Gasteiger partial charge in [-0.1, -0.05) is 27.2 Å². The fraction of sp³-hybridized carbons (Fsp3) is 0.917. The summed E-state index contributed by atoms with van der Waals surface area (Å²) in [4.78, 5) is 11.4. The molecule has 0 fully saturated rings. The van der Waals surface area contributed by atoms with E-state index in [1.165, 1.54) is 0 Å². The molecule has 0 atom stereocenters. The second-order valence-electron chi connectivity index (χ2n) is 3.94. The van der Waals surface area contributed by atoms with Crippen molar-refractivity contribution in [1.82, 2.24) is 0 Å². The molecule has 0 aromatic heterocycles. The average molecular weight is 200 g/mol. The Labute approximate surface area is 88.0 Å². The van der Waals surface area contributed by atoms with Crippen molar-refractivity contribution >= 4 is 5.97 Å². The largest absolute Gasteiger partial charge is 0.466 e. The van der Waals surface area contributed by atoms with Crippen LogP contribution < -0.4 is 0 Å². The molecule has 0 radical (unpaired) electrons. The third kappa shape index (κ3) is 4.12. The molecule has 0 saturated heterocycles. The fourth-order valence-corrected chi connectivity index (χ4v) is 1.99. The lowest BCUT2D eigenvalue weighted by Crippen LogP contribution is -2.24. The zero-order valence-electron chi connectivity index (χ0n) is 10.1. The summed E-state index contributed by atoms with van der Waals surface area (Å²) in [7, 11) is 0. The standard InChI is InChI=1S/C12H24O2/c1-5-9-12(6-2,7-3)10-11(13)14-8-4/h5-10H2,1-4H3. The Morgan fingerprint density at radius 3 is 2.07 bits per heavy atom. The fourth-order valence-electron chi connectivity index (χ4n) is 1.99. The Morgan fingerprint density at radius 1 is 1.14 bits per heavy atom. The molecule has 0 unspecified atom stereocenters. The van der Waals surface area contributed by atoms with E-state index in [0.717, 1.165) is 25.7 Å². The van der Waals surface area contributed by atoms with Gasteiger partial charge in [0.15, 0.2) is 0 Å². The highest BCUT2D eigenvalue weighted by molar-refractivity contribution is 5.70. The Bertz CT molecular complexity index is 160. The number of ether oxygens (including phenoxy) is 1. The first-order chi connectivity index (χ1) is 6.64. The third-order valence-corrected chi connectivity index (χ3v) is 3.10. The molecule has 0 aliphatic rings. The molecule has 0 spiro atoms. The summed E-state index contributed by atoms with van der Waals surface area (Å²) >= 11 is 0. The second-order valence-corrected chi connectivity index (χ2v) is 3.94. The smallest absolute Gasteiger partial charge is 0.306 e. The molecule has 0 aromatic carbocycles. The molecular formula is C12H24O2. The van der Waals surface area contributed by atoms with Crippen LogP contribution in [0.5, 0.6) is 0 Å². The van der Waals surface area contributed by atoms with Crippen LogP contribution >= 0.6 is 0 Å².